The maximum Gasteiger partial charge on any atom is 0.285 e. The van der Waals surface area contributed by atoms with Crippen LogP contribution >= 0.6 is 11.6 Å². The molecule has 0 radical (unpaired) electrons. The first-order valence-corrected chi connectivity index (χ1v) is 9.04. The molecule has 4 rings (SSSR count). The predicted molar refractivity (Wildman–Crippen MR) is 96.0 cm³/mol. The first-order valence-electron chi connectivity index (χ1n) is 8.66. The average molecular weight is 413 g/mol. The number of hydrogen-bond acceptors (Lipinski definition) is 6. The summed E-state index contributed by atoms with van der Waals surface area (Å²) in [6.07, 6.45) is -0.637. The standard InChI is InChI=1S/C17H16ClF3N6O/c18-15-14(6-22-24-17(15)28)26-4-3-13-12(8-26)23-25-27(13)7-9-1-2-10(19)5-11(9)16(20)21/h1-2,5-6,12-13,16H,3-4,7-8H2,(H,24,28). The Bertz CT molecular complexity index is 968. The number of nitrogens with one attached hydrogen (secondary N) is 1. The molecule has 0 saturated carbocycles. The van der Waals surface area contributed by atoms with Crippen LogP contribution in [0.5, 0.6) is 0 Å². The van der Waals surface area contributed by atoms with E-state index in [0.717, 1.165) is 12.1 Å². The van der Waals surface area contributed by atoms with Crippen LogP contribution in [-0.4, -0.2) is 40.4 Å². The molecule has 11 heteroatoms. The molecule has 1 aromatic carbocycles. The van der Waals surface area contributed by atoms with E-state index in [1.54, 1.807) is 5.01 Å². The molecule has 7 nitrogen and oxygen atoms in total. The lowest BCUT2D eigenvalue weighted by molar-refractivity contribution is 0.144. The fourth-order valence-electron chi connectivity index (χ4n) is 3.63. The molecule has 1 aromatic heterocycles. The zero-order chi connectivity index (χ0) is 19.8. The van der Waals surface area contributed by atoms with Gasteiger partial charge in [-0.25, -0.2) is 18.3 Å². The lowest BCUT2D eigenvalue weighted by Crippen LogP contribution is -2.49. The van der Waals surface area contributed by atoms with Crippen molar-refractivity contribution < 1.29 is 13.2 Å². The van der Waals surface area contributed by atoms with Crippen molar-refractivity contribution >= 4 is 17.3 Å². The molecule has 0 bridgehead atoms. The summed E-state index contributed by atoms with van der Waals surface area (Å²) < 4.78 is 39.8. The Kier molecular flexibility index (Phi) is 4.96. The average Bonchev–Trinajstić information content (AvgIpc) is 3.07. The fourth-order valence-corrected chi connectivity index (χ4v) is 3.84. The zero-order valence-corrected chi connectivity index (χ0v) is 15.3. The van der Waals surface area contributed by atoms with Crippen molar-refractivity contribution in [1.82, 2.24) is 15.2 Å². The highest BCUT2D eigenvalue weighted by atomic mass is 35.5. The van der Waals surface area contributed by atoms with E-state index in [2.05, 4.69) is 20.5 Å². The van der Waals surface area contributed by atoms with Crippen LogP contribution in [0.2, 0.25) is 5.02 Å². The number of halogens is 4. The van der Waals surface area contributed by atoms with Gasteiger partial charge in [-0.05, 0) is 24.1 Å². The van der Waals surface area contributed by atoms with Gasteiger partial charge in [0.25, 0.3) is 12.0 Å². The summed E-state index contributed by atoms with van der Waals surface area (Å²) in [5.74, 6) is -0.698. The molecule has 2 aliphatic heterocycles. The van der Waals surface area contributed by atoms with E-state index in [1.165, 1.54) is 12.3 Å². The second-order valence-electron chi connectivity index (χ2n) is 6.71. The van der Waals surface area contributed by atoms with Crippen LogP contribution in [0.4, 0.5) is 18.9 Å². The van der Waals surface area contributed by atoms with Gasteiger partial charge in [-0.3, -0.25) is 9.80 Å². The Balaban J connectivity index is 1.49. The largest absolute Gasteiger partial charge is 0.366 e. The summed E-state index contributed by atoms with van der Waals surface area (Å²) in [6, 6.07) is 3.11. The maximum absolute atomic E-state index is 13.3. The number of hydrogen-bond donors (Lipinski definition) is 1. The van der Waals surface area contributed by atoms with Crippen molar-refractivity contribution in [2.45, 2.75) is 31.5 Å². The van der Waals surface area contributed by atoms with E-state index < -0.39 is 17.8 Å². The second-order valence-corrected chi connectivity index (χ2v) is 7.09. The summed E-state index contributed by atoms with van der Waals surface area (Å²) in [6.45, 7) is 1.18. The molecule has 2 aliphatic rings. The molecule has 1 saturated heterocycles. The molecule has 0 aliphatic carbocycles. The van der Waals surface area contributed by atoms with E-state index >= 15 is 0 Å². The molecule has 3 heterocycles. The number of alkyl halides is 2. The minimum absolute atomic E-state index is 0.0631. The van der Waals surface area contributed by atoms with Crippen molar-refractivity contribution in [3.05, 3.63) is 56.7 Å². The zero-order valence-electron chi connectivity index (χ0n) is 14.5. The molecule has 1 fully saturated rings. The number of aromatic amines is 1. The Labute approximate surface area is 162 Å². The third-order valence-electron chi connectivity index (χ3n) is 5.04. The van der Waals surface area contributed by atoms with Gasteiger partial charge < -0.3 is 4.90 Å². The summed E-state index contributed by atoms with van der Waals surface area (Å²) in [5, 5.41) is 16.2. The molecule has 148 valence electrons. The van der Waals surface area contributed by atoms with Gasteiger partial charge in [0.05, 0.1) is 24.5 Å². The quantitative estimate of drug-likeness (QED) is 0.835. The third-order valence-corrected chi connectivity index (χ3v) is 5.40. The number of anilines is 1. The lowest BCUT2D eigenvalue weighted by Gasteiger charge is -2.37. The molecule has 0 amide bonds. The molecule has 2 aromatic rings. The van der Waals surface area contributed by atoms with Gasteiger partial charge in [0.2, 0.25) is 0 Å². The molecular formula is C17H16ClF3N6O. The summed E-state index contributed by atoms with van der Waals surface area (Å²) in [5.41, 5.74) is 0.0422. The maximum atomic E-state index is 13.3. The molecule has 1 N–H and O–H groups in total. The predicted octanol–water partition coefficient (Wildman–Crippen LogP) is 3.33. The van der Waals surface area contributed by atoms with Crippen LogP contribution < -0.4 is 10.5 Å². The highest BCUT2D eigenvalue weighted by molar-refractivity contribution is 6.33. The van der Waals surface area contributed by atoms with Crippen LogP contribution in [0.3, 0.4) is 0 Å². The van der Waals surface area contributed by atoms with E-state index in [4.69, 9.17) is 11.6 Å². The highest BCUT2D eigenvalue weighted by Gasteiger charge is 2.38. The Hall–Kier alpha value is -2.62. The van der Waals surface area contributed by atoms with Gasteiger partial charge >= 0.3 is 0 Å². The number of H-pyrrole nitrogens is 1. The molecular weight excluding hydrogens is 397 g/mol. The fraction of sp³-hybridized carbons (Fsp3) is 0.412. The SMILES string of the molecule is O=c1[nH]ncc(N2CCC3C(C2)N=NN3Cc2ccc(F)cc2C(F)F)c1Cl. The van der Waals surface area contributed by atoms with Crippen LogP contribution in [0.25, 0.3) is 0 Å². The Morgan fingerprint density at radius 1 is 1.36 bits per heavy atom. The van der Waals surface area contributed by atoms with Gasteiger partial charge in [0.1, 0.15) is 16.9 Å². The smallest absolute Gasteiger partial charge is 0.285 e. The van der Waals surface area contributed by atoms with E-state index in [9.17, 15) is 18.0 Å². The van der Waals surface area contributed by atoms with E-state index in [0.29, 0.717) is 30.8 Å². The summed E-state index contributed by atoms with van der Waals surface area (Å²) in [4.78, 5) is 13.6. The Morgan fingerprint density at radius 3 is 2.96 bits per heavy atom. The highest BCUT2D eigenvalue weighted by Crippen LogP contribution is 2.33. The van der Waals surface area contributed by atoms with Gasteiger partial charge in [-0.15, -0.1) is 0 Å². The number of fused-ring (bicyclic) bond motifs is 1. The van der Waals surface area contributed by atoms with Crippen molar-refractivity contribution in [2.24, 2.45) is 10.3 Å². The van der Waals surface area contributed by atoms with Crippen molar-refractivity contribution in [3.63, 3.8) is 0 Å². The number of aromatic nitrogens is 2. The van der Waals surface area contributed by atoms with Crippen LogP contribution in [0.15, 0.2) is 39.5 Å². The first kappa shape index (κ1) is 18.7. The molecule has 2 unspecified atom stereocenters. The first-order chi connectivity index (χ1) is 13.4. The lowest BCUT2D eigenvalue weighted by atomic mass is 9.98. The van der Waals surface area contributed by atoms with Crippen LogP contribution in [-0.2, 0) is 6.54 Å². The third kappa shape index (κ3) is 3.44. The molecule has 0 spiro atoms. The summed E-state index contributed by atoms with van der Waals surface area (Å²) in [7, 11) is 0. The van der Waals surface area contributed by atoms with E-state index in [-0.39, 0.29) is 29.2 Å². The normalized spacial score (nSPS) is 21.5. The van der Waals surface area contributed by atoms with Gasteiger partial charge in [-0.1, -0.05) is 22.9 Å². The number of piperidine rings is 1. The number of nitrogens with zero attached hydrogens (tertiary/aromatic N) is 5. The summed E-state index contributed by atoms with van der Waals surface area (Å²) >= 11 is 6.07. The van der Waals surface area contributed by atoms with E-state index in [1.807, 2.05) is 4.90 Å². The minimum Gasteiger partial charge on any atom is -0.366 e. The number of benzene rings is 1. The van der Waals surface area contributed by atoms with Gasteiger partial charge in [0, 0.05) is 18.7 Å². The van der Waals surface area contributed by atoms with Crippen molar-refractivity contribution in [3.8, 4) is 0 Å². The van der Waals surface area contributed by atoms with Crippen LogP contribution in [0, 0.1) is 5.82 Å². The van der Waals surface area contributed by atoms with Gasteiger partial charge in [0.15, 0.2) is 0 Å². The number of rotatable bonds is 4. The van der Waals surface area contributed by atoms with Gasteiger partial charge in [-0.2, -0.15) is 10.2 Å². The monoisotopic (exact) mass is 412 g/mol. The Morgan fingerprint density at radius 2 is 2.18 bits per heavy atom. The van der Waals surface area contributed by atoms with Crippen molar-refractivity contribution in [2.75, 3.05) is 18.0 Å². The topological polar surface area (TPSA) is 77.0 Å². The van der Waals surface area contributed by atoms with Crippen molar-refractivity contribution in [1.29, 1.82) is 0 Å². The molecule has 28 heavy (non-hydrogen) atoms. The second kappa shape index (κ2) is 7.42. The molecule has 2 atom stereocenters. The van der Waals surface area contributed by atoms with Crippen LogP contribution in [0.1, 0.15) is 24.0 Å². The minimum atomic E-state index is -2.77.